The molecule has 6 N–H and O–H groups in total. The van der Waals surface area contributed by atoms with Gasteiger partial charge in [-0.3, -0.25) is 28.4 Å². The number of piperidine rings is 3. The van der Waals surface area contributed by atoms with Crippen molar-refractivity contribution in [1.82, 2.24) is 41.5 Å². The van der Waals surface area contributed by atoms with E-state index < -0.39 is 68.8 Å². The third kappa shape index (κ3) is 8.31. The van der Waals surface area contributed by atoms with Gasteiger partial charge in [-0.15, -0.1) is 8.57 Å². The predicted octanol–water partition coefficient (Wildman–Crippen LogP) is -3.20. The molecule has 6 heterocycles. The van der Waals surface area contributed by atoms with Gasteiger partial charge in [-0.1, -0.05) is 0 Å². The first-order chi connectivity index (χ1) is 21.7. The van der Waals surface area contributed by atoms with E-state index in [2.05, 4.69) is 30.2 Å². The van der Waals surface area contributed by atoms with Gasteiger partial charge in [-0.05, 0) is 51.6 Å². The molecule has 0 aromatic carbocycles. The van der Waals surface area contributed by atoms with Gasteiger partial charge in [0.2, 0.25) is 0 Å². The molecule has 0 aromatic heterocycles. The summed E-state index contributed by atoms with van der Waals surface area (Å²) < 4.78 is 69.2. The second kappa shape index (κ2) is 14.0. The van der Waals surface area contributed by atoms with Gasteiger partial charge in [0.25, 0.3) is 11.8 Å². The van der Waals surface area contributed by atoms with Crippen LogP contribution < -0.4 is 21.6 Å². The van der Waals surface area contributed by atoms with Gasteiger partial charge < -0.3 is 20.4 Å². The summed E-state index contributed by atoms with van der Waals surface area (Å²) in [5.74, 6) is -0.915. The Labute approximate surface area is 263 Å². The Bertz CT molecular complexity index is 1390. The largest absolute Gasteiger partial charge is 0.418 e. The molecular weight excluding hydrogens is 664 g/mol. The summed E-state index contributed by atoms with van der Waals surface area (Å²) in [5, 5.41) is 7.37. The molecule has 4 bridgehead atoms. The first-order valence-corrected chi connectivity index (χ1v) is 17.3. The summed E-state index contributed by atoms with van der Waals surface area (Å²) in [6.45, 7) is 3.23. The second-order valence-corrected chi connectivity index (χ2v) is 13.4. The molecule has 0 radical (unpaired) electrons. The van der Waals surface area contributed by atoms with E-state index >= 15 is 0 Å². The minimum Gasteiger partial charge on any atom is -0.317 e. The van der Waals surface area contributed by atoms with Gasteiger partial charge in [-0.25, -0.2) is 20.5 Å². The van der Waals surface area contributed by atoms with Gasteiger partial charge in [0.15, 0.2) is 0 Å². The van der Waals surface area contributed by atoms with Gasteiger partial charge >= 0.3 is 32.9 Å². The van der Waals surface area contributed by atoms with Crippen LogP contribution in [-0.4, -0.2) is 145 Å². The Balaban J connectivity index is 0.000000182. The van der Waals surface area contributed by atoms with Crippen LogP contribution in [0.3, 0.4) is 0 Å². The molecule has 6 fully saturated rings. The van der Waals surface area contributed by atoms with Crippen LogP contribution >= 0.6 is 0 Å². The third-order valence-electron chi connectivity index (χ3n) is 8.28. The average molecular weight is 701 g/mol. The first kappa shape index (κ1) is 34.4. The minimum absolute atomic E-state index is 0.0693. The fraction of sp³-hybridized carbons (Fsp3) is 0.818. The van der Waals surface area contributed by atoms with E-state index in [1.54, 1.807) is 0 Å². The van der Waals surface area contributed by atoms with Crippen LogP contribution in [0.25, 0.3) is 0 Å². The Morgan fingerprint density at radius 1 is 0.674 bits per heavy atom. The number of urea groups is 2. The molecular formula is C22H36N8O14S2. The zero-order valence-corrected chi connectivity index (χ0v) is 26.0. The highest BCUT2D eigenvalue weighted by molar-refractivity contribution is 7.81. The molecule has 6 amide bonds. The Hall–Kier alpha value is -2.94. The molecule has 0 spiro atoms. The SMILES string of the molecule is O=C(NOC1CCNCC1)[C@@H]1CC[C@@H]2CN1C(=O)N2OS(=O)(=O)O.O=C(NOC1CNC1)[C@@H]1CC[C@@H]2CN1C(=O)N2OS(=O)(=O)O. The molecule has 6 aliphatic rings. The summed E-state index contributed by atoms with van der Waals surface area (Å²) >= 11 is 0. The van der Waals surface area contributed by atoms with Gasteiger partial charge in [0, 0.05) is 26.2 Å². The lowest BCUT2D eigenvalue weighted by Gasteiger charge is -2.31. The van der Waals surface area contributed by atoms with Gasteiger partial charge in [-0.2, -0.15) is 27.0 Å². The smallest absolute Gasteiger partial charge is 0.317 e. The second-order valence-electron chi connectivity index (χ2n) is 11.4. The number of amides is 6. The molecule has 0 aromatic rings. The molecule has 6 saturated heterocycles. The van der Waals surface area contributed by atoms with E-state index in [0.717, 1.165) is 25.9 Å². The molecule has 6 aliphatic heterocycles. The van der Waals surface area contributed by atoms with Crippen molar-refractivity contribution >= 4 is 44.7 Å². The van der Waals surface area contributed by atoms with E-state index in [1.807, 2.05) is 0 Å². The molecule has 0 aliphatic carbocycles. The lowest BCUT2D eigenvalue weighted by atomic mass is 10.0. The zero-order valence-electron chi connectivity index (χ0n) is 24.3. The van der Waals surface area contributed by atoms with E-state index in [4.69, 9.17) is 18.8 Å². The number of hydrogen-bond acceptors (Lipinski definition) is 14. The van der Waals surface area contributed by atoms with Gasteiger partial charge in [0.05, 0.1) is 18.2 Å². The molecule has 0 saturated carbocycles. The van der Waals surface area contributed by atoms with Crippen LogP contribution in [0.4, 0.5) is 9.59 Å². The summed E-state index contributed by atoms with van der Waals surface area (Å²) in [6, 6.07) is -4.09. The fourth-order valence-electron chi connectivity index (χ4n) is 5.89. The lowest BCUT2D eigenvalue weighted by Crippen LogP contribution is -2.55. The van der Waals surface area contributed by atoms with E-state index in [1.165, 1.54) is 9.80 Å². The highest BCUT2D eigenvalue weighted by atomic mass is 32.3. The number of hydrogen-bond donors (Lipinski definition) is 6. The molecule has 4 atom stereocenters. The topological polar surface area (TPSA) is 275 Å². The Morgan fingerprint density at radius 2 is 1.11 bits per heavy atom. The van der Waals surface area contributed by atoms with Crippen molar-refractivity contribution in [2.24, 2.45) is 0 Å². The van der Waals surface area contributed by atoms with Crippen molar-refractivity contribution in [2.75, 3.05) is 39.3 Å². The fourth-order valence-corrected chi connectivity index (χ4v) is 6.66. The molecule has 260 valence electrons. The van der Waals surface area contributed by atoms with E-state index in [0.29, 0.717) is 48.9 Å². The predicted molar refractivity (Wildman–Crippen MR) is 148 cm³/mol. The zero-order chi connectivity index (χ0) is 33.2. The maximum Gasteiger partial charge on any atom is 0.418 e. The van der Waals surface area contributed by atoms with Crippen molar-refractivity contribution in [2.45, 2.75) is 74.9 Å². The summed E-state index contributed by atoms with van der Waals surface area (Å²) in [7, 11) is -9.58. The maximum absolute atomic E-state index is 12.3. The van der Waals surface area contributed by atoms with Crippen LogP contribution in [0.15, 0.2) is 0 Å². The summed E-state index contributed by atoms with van der Waals surface area (Å²) in [6.07, 6.45) is 2.86. The molecule has 6 rings (SSSR count). The number of hydroxylamine groups is 6. The van der Waals surface area contributed by atoms with Crippen LogP contribution in [-0.2, 0) is 48.6 Å². The summed E-state index contributed by atoms with van der Waals surface area (Å²) in [4.78, 5) is 61.7. The third-order valence-corrected chi connectivity index (χ3v) is 8.98. The van der Waals surface area contributed by atoms with E-state index in [9.17, 15) is 36.0 Å². The number of nitrogens with zero attached hydrogens (tertiary/aromatic N) is 4. The normalized spacial score (nSPS) is 28.5. The van der Waals surface area contributed by atoms with Crippen molar-refractivity contribution in [3.8, 4) is 0 Å². The van der Waals surface area contributed by atoms with Crippen molar-refractivity contribution in [3.63, 3.8) is 0 Å². The van der Waals surface area contributed by atoms with Crippen LogP contribution in [0.1, 0.15) is 38.5 Å². The molecule has 22 nitrogen and oxygen atoms in total. The number of rotatable bonds is 10. The monoisotopic (exact) mass is 700 g/mol. The standard InChI is InChI=1S/C12H20N4O7S.C10H16N4O7S/c17-11(14-22-9-3-5-13-6-4-9)10-2-1-8-7-15(10)12(18)16(8)23-24(19,20)21;15-9(12-20-7-3-11-4-7)8-2-1-6-5-13(8)10(16)14(6)21-22(17,18)19/h8-10,13H,1-7H2,(H,14,17)(H,19,20,21);6-8,11H,1-5H2,(H,12,15)(H,17,18,19)/t8-,10+;6-,8+/m11/s1. The van der Waals surface area contributed by atoms with Crippen LogP contribution in [0, 0.1) is 0 Å². The van der Waals surface area contributed by atoms with Crippen molar-refractivity contribution in [3.05, 3.63) is 0 Å². The maximum atomic E-state index is 12.3. The number of carbonyl (C=O) groups is 4. The van der Waals surface area contributed by atoms with Crippen molar-refractivity contribution < 1.29 is 63.4 Å². The Morgan fingerprint density at radius 3 is 1.50 bits per heavy atom. The number of fused-ring (bicyclic) bond motifs is 4. The molecule has 0 unspecified atom stereocenters. The summed E-state index contributed by atoms with van der Waals surface area (Å²) in [5.41, 5.74) is 4.72. The lowest BCUT2D eigenvalue weighted by molar-refractivity contribution is -0.146. The highest BCUT2D eigenvalue weighted by Gasteiger charge is 2.50. The minimum atomic E-state index is -4.79. The van der Waals surface area contributed by atoms with Crippen LogP contribution in [0.5, 0.6) is 0 Å². The van der Waals surface area contributed by atoms with Crippen LogP contribution in [0.2, 0.25) is 0 Å². The highest BCUT2D eigenvalue weighted by Crippen LogP contribution is 2.32. The number of carbonyl (C=O) groups excluding carboxylic acids is 4. The van der Waals surface area contributed by atoms with Crippen molar-refractivity contribution in [1.29, 1.82) is 0 Å². The number of nitrogens with one attached hydrogen (secondary N) is 4. The quantitative estimate of drug-likeness (QED) is 0.0967. The Kier molecular flexibility index (Phi) is 10.5. The first-order valence-electron chi connectivity index (χ1n) is 14.6. The van der Waals surface area contributed by atoms with E-state index in [-0.39, 0.29) is 25.3 Å². The molecule has 24 heteroatoms. The average Bonchev–Trinajstić information content (AvgIpc) is 3.34. The molecule has 46 heavy (non-hydrogen) atoms. The van der Waals surface area contributed by atoms with Gasteiger partial charge in [0.1, 0.15) is 18.2 Å².